The first-order valence-corrected chi connectivity index (χ1v) is 9.90. The summed E-state index contributed by atoms with van der Waals surface area (Å²) in [5.74, 6) is 1.66. The molecule has 1 atom stereocenters. The molecule has 2 rings (SSSR count). The second-order valence-corrected chi connectivity index (χ2v) is 7.33. The molecule has 3 N–H and O–H groups in total. The van der Waals surface area contributed by atoms with Gasteiger partial charge >= 0.3 is 0 Å². The van der Waals surface area contributed by atoms with E-state index in [0.29, 0.717) is 18.2 Å². The standard InChI is InChI=1S/C21H34N4O.HI/c1-16(12-13-17-8-5-4-6-9-17)25-21(23-3)24-15-18-10-7-11-19(14-18)20(26)22-2;/h7,10-11,14,16-17H,4-6,8-9,12-13,15H2,1-3H3,(H,22,26)(H2,23,24,25);1H. The second kappa shape index (κ2) is 13.0. The topological polar surface area (TPSA) is 65.5 Å². The van der Waals surface area contributed by atoms with Crippen molar-refractivity contribution in [2.45, 2.75) is 64.5 Å². The number of benzene rings is 1. The summed E-state index contributed by atoms with van der Waals surface area (Å²) in [6.07, 6.45) is 9.53. The van der Waals surface area contributed by atoms with E-state index in [0.717, 1.165) is 17.4 Å². The van der Waals surface area contributed by atoms with Crippen LogP contribution in [0.5, 0.6) is 0 Å². The Morgan fingerprint density at radius 2 is 2.00 bits per heavy atom. The highest BCUT2D eigenvalue weighted by molar-refractivity contribution is 14.0. The number of hydrogen-bond acceptors (Lipinski definition) is 2. The van der Waals surface area contributed by atoms with Crippen LogP contribution in [0.25, 0.3) is 0 Å². The number of nitrogens with zero attached hydrogens (tertiary/aromatic N) is 1. The van der Waals surface area contributed by atoms with Gasteiger partial charge in [-0.25, -0.2) is 0 Å². The van der Waals surface area contributed by atoms with Crippen LogP contribution in [0.4, 0.5) is 0 Å². The van der Waals surface area contributed by atoms with Gasteiger partial charge in [0.15, 0.2) is 5.96 Å². The predicted molar refractivity (Wildman–Crippen MR) is 124 cm³/mol. The molecule has 152 valence electrons. The van der Waals surface area contributed by atoms with Crippen molar-refractivity contribution in [3.8, 4) is 0 Å². The Bertz CT molecular complexity index is 600. The summed E-state index contributed by atoms with van der Waals surface area (Å²) in [7, 11) is 3.44. The van der Waals surface area contributed by atoms with E-state index >= 15 is 0 Å². The highest BCUT2D eigenvalue weighted by Crippen LogP contribution is 2.27. The van der Waals surface area contributed by atoms with Crippen LogP contribution in [0, 0.1) is 5.92 Å². The Hall–Kier alpha value is -1.31. The first kappa shape index (κ1) is 23.7. The van der Waals surface area contributed by atoms with Crippen molar-refractivity contribution in [1.82, 2.24) is 16.0 Å². The summed E-state index contributed by atoms with van der Waals surface area (Å²) >= 11 is 0. The van der Waals surface area contributed by atoms with Crippen molar-refractivity contribution in [2.24, 2.45) is 10.9 Å². The van der Waals surface area contributed by atoms with E-state index in [9.17, 15) is 4.79 Å². The summed E-state index contributed by atoms with van der Waals surface area (Å²) in [6.45, 7) is 2.86. The van der Waals surface area contributed by atoms with Gasteiger partial charge in [0.2, 0.25) is 0 Å². The SMILES string of the molecule is CN=C(NCc1cccc(C(=O)NC)c1)NC(C)CCC1CCCCC1.I. The molecule has 6 heteroatoms. The van der Waals surface area contributed by atoms with E-state index in [-0.39, 0.29) is 29.9 Å². The van der Waals surface area contributed by atoms with E-state index in [2.05, 4.69) is 27.9 Å². The van der Waals surface area contributed by atoms with E-state index < -0.39 is 0 Å². The highest BCUT2D eigenvalue weighted by atomic mass is 127. The minimum Gasteiger partial charge on any atom is -0.355 e. The van der Waals surface area contributed by atoms with Gasteiger partial charge in [-0.2, -0.15) is 0 Å². The van der Waals surface area contributed by atoms with Crippen molar-refractivity contribution >= 4 is 35.8 Å². The fourth-order valence-corrected chi connectivity index (χ4v) is 3.61. The molecule has 0 saturated heterocycles. The number of carbonyl (C=O) groups is 1. The van der Waals surface area contributed by atoms with Gasteiger partial charge in [0.1, 0.15) is 0 Å². The molecule has 1 amide bonds. The minimum absolute atomic E-state index is 0. The average molecular weight is 486 g/mol. The van der Waals surface area contributed by atoms with Crippen molar-refractivity contribution in [3.63, 3.8) is 0 Å². The average Bonchev–Trinajstić information content (AvgIpc) is 2.69. The second-order valence-electron chi connectivity index (χ2n) is 7.33. The van der Waals surface area contributed by atoms with Crippen LogP contribution in [-0.2, 0) is 6.54 Å². The van der Waals surface area contributed by atoms with Gasteiger partial charge in [-0.1, -0.05) is 44.2 Å². The summed E-state index contributed by atoms with van der Waals surface area (Å²) in [4.78, 5) is 16.1. The maximum Gasteiger partial charge on any atom is 0.251 e. The van der Waals surface area contributed by atoms with Crippen LogP contribution < -0.4 is 16.0 Å². The van der Waals surface area contributed by atoms with E-state index in [1.54, 1.807) is 14.1 Å². The number of halogens is 1. The molecule has 0 bridgehead atoms. The van der Waals surface area contributed by atoms with Crippen molar-refractivity contribution in [3.05, 3.63) is 35.4 Å². The number of rotatable bonds is 7. The number of nitrogens with one attached hydrogen (secondary N) is 3. The molecule has 1 saturated carbocycles. The minimum atomic E-state index is -0.0642. The molecule has 0 spiro atoms. The van der Waals surface area contributed by atoms with Crippen molar-refractivity contribution < 1.29 is 4.79 Å². The Kier molecular flexibility index (Phi) is 11.4. The third-order valence-electron chi connectivity index (χ3n) is 5.22. The zero-order chi connectivity index (χ0) is 18.8. The van der Waals surface area contributed by atoms with Crippen LogP contribution in [0.3, 0.4) is 0 Å². The van der Waals surface area contributed by atoms with Crippen LogP contribution in [0.2, 0.25) is 0 Å². The van der Waals surface area contributed by atoms with Crippen LogP contribution >= 0.6 is 24.0 Å². The Balaban J connectivity index is 0.00000364. The quantitative estimate of drug-likeness (QED) is 0.309. The number of carbonyl (C=O) groups excluding carboxylic acids is 1. The molecular formula is C21H35IN4O. The number of amides is 1. The normalized spacial score (nSPS) is 16.2. The predicted octanol–water partition coefficient (Wildman–Crippen LogP) is 4.08. The van der Waals surface area contributed by atoms with Gasteiger partial charge < -0.3 is 16.0 Å². The zero-order valence-corrected chi connectivity index (χ0v) is 19.2. The molecule has 27 heavy (non-hydrogen) atoms. The number of guanidine groups is 1. The lowest BCUT2D eigenvalue weighted by Crippen LogP contribution is -2.42. The maximum atomic E-state index is 11.7. The monoisotopic (exact) mass is 486 g/mol. The van der Waals surface area contributed by atoms with Crippen LogP contribution in [-0.4, -0.2) is 32.0 Å². The van der Waals surface area contributed by atoms with Gasteiger partial charge in [0.25, 0.3) is 5.91 Å². The van der Waals surface area contributed by atoms with Crippen LogP contribution in [0.1, 0.15) is 67.8 Å². The van der Waals surface area contributed by atoms with Gasteiger partial charge in [-0.05, 0) is 43.4 Å². The van der Waals surface area contributed by atoms with Crippen LogP contribution in [0.15, 0.2) is 29.3 Å². The van der Waals surface area contributed by atoms with Gasteiger partial charge in [0.05, 0.1) is 0 Å². The van der Waals surface area contributed by atoms with E-state index in [1.165, 1.54) is 44.9 Å². The highest BCUT2D eigenvalue weighted by Gasteiger charge is 2.15. The lowest BCUT2D eigenvalue weighted by molar-refractivity contribution is 0.0963. The molecule has 5 nitrogen and oxygen atoms in total. The molecule has 1 aromatic rings. The third kappa shape index (κ3) is 8.49. The number of aliphatic imine (C=N–C) groups is 1. The molecule has 0 radical (unpaired) electrons. The fraction of sp³-hybridized carbons (Fsp3) is 0.619. The summed E-state index contributed by atoms with van der Waals surface area (Å²) in [5.41, 5.74) is 1.74. The molecule has 1 unspecified atom stereocenters. The van der Waals surface area contributed by atoms with Gasteiger partial charge in [-0.3, -0.25) is 9.79 Å². The molecule has 1 fully saturated rings. The third-order valence-corrected chi connectivity index (χ3v) is 5.22. The van der Waals surface area contributed by atoms with E-state index in [4.69, 9.17) is 0 Å². The summed E-state index contributed by atoms with van der Waals surface area (Å²) in [5, 5.41) is 9.49. The molecule has 0 aliphatic heterocycles. The first-order chi connectivity index (χ1) is 12.6. The molecule has 1 aliphatic rings. The summed E-state index contributed by atoms with van der Waals surface area (Å²) in [6, 6.07) is 8.05. The smallest absolute Gasteiger partial charge is 0.251 e. The Morgan fingerprint density at radius 3 is 2.67 bits per heavy atom. The zero-order valence-electron chi connectivity index (χ0n) is 16.9. The van der Waals surface area contributed by atoms with Gasteiger partial charge in [0, 0.05) is 32.2 Å². The molecule has 1 aromatic carbocycles. The first-order valence-electron chi connectivity index (χ1n) is 9.90. The Morgan fingerprint density at radius 1 is 1.26 bits per heavy atom. The molecular weight excluding hydrogens is 451 g/mol. The number of hydrogen-bond donors (Lipinski definition) is 3. The largest absolute Gasteiger partial charge is 0.355 e. The van der Waals surface area contributed by atoms with Gasteiger partial charge in [-0.15, -0.1) is 24.0 Å². The summed E-state index contributed by atoms with van der Waals surface area (Å²) < 4.78 is 0. The van der Waals surface area contributed by atoms with E-state index in [1.807, 2.05) is 24.3 Å². The fourth-order valence-electron chi connectivity index (χ4n) is 3.61. The Labute approximate surface area is 181 Å². The van der Waals surface area contributed by atoms with Crippen molar-refractivity contribution in [1.29, 1.82) is 0 Å². The van der Waals surface area contributed by atoms with Crippen molar-refractivity contribution in [2.75, 3.05) is 14.1 Å². The molecule has 0 heterocycles. The molecule has 0 aromatic heterocycles. The lowest BCUT2D eigenvalue weighted by Gasteiger charge is -2.24. The molecule has 1 aliphatic carbocycles. The maximum absolute atomic E-state index is 11.7. The lowest BCUT2D eigenvalue weighted by atomic mass is 9.85.